The Balaban J connectivity index is 0.00000110. The number of hydrogen-bond acceptors (Lipinski definition) is 2. The summed E-state index contributed by atoms with van der Waals surface area (Å²) in [5.41, 5.74) is 1.46. The quantitative estimate of drug-likeness (QED) is 0.543. The maximum absolute atomic E-state index is 12.4. The molecule has 0 radical (unpaired) electrons. The average molecular weight is 369 g/mol. The van der Waals surface area contributed by atoms with Gasteiger partial charge in [-0.2, -0.15) is 4.90 Å². The number of imide groups is 1. The maximum atomic E-state index is 12.4. The Morgan fingerprint density at radius 2 is 1.38 bits per heavy atom. The van der Waals surface area contributed by atoms with Gasteiger partial charge in [-0.1, -0.05) is 48.5 Å². The molecule has 3 rings (SSSR count). The van der Waals surface area contributed by atoms with Gasteiger partial charge in [-0.15, -0.1) is 0 Å². The molecule has 1 aliphatic rings. The fourth-order valence-corrected chi connectivity index (χ4v) is 2.27. The number of halogens is 2. The van der Waals surface area contributed by atoms with Gasteiger partial charge in [0.1, 0.15) is 0 Å². The van der Waals surface area contributed by atoms with E-state index in [-0.39, 0.29) is 41.3 Å². The van der Waals surface area contributed by atoms with Gasteiger partial charge < -0.3 is 29.4 Å². The Morgan fingerprint density at radius 1 is 0.857 bits per heavy atom. The number of nitrogens with two attached hydrogens (primary N) is 1. The van der Waals surface area contributed by atoms with Gasteiger partial charge in [0, 0.05) is 5.56 Å². The first-order chi connectivity index (χ1) is 9.27. The van der Waals surface area contributed by atoms with E-state index in [4.69, 9.17) is 0 Å². The number of anilines is 1. The van der Waals surface area contributed by atoms with E-state index in [0.29, 0.717) is 5.69 Å². The van der Waals surface area contributed by atoms with Crippen LogP contribution in [0.2, 0.25) is 0 Å². The second-order valence-electron chi connectivity index (χ2n) is 4.40. The third-order valence-electron chi connectivity index (χ3n) is 3.19. The molecule has 1 aliphatic heterocycles. The van der Waals surface area contributed by atoms with Crippen LogP contribution in [0.25, 0.3) is 0 Å². The summed E-state index contributed by atoms with van der Waals surface area (Å²) in [6.45, 7) is 0. The highest BCUT2D eigenvalue weighted by Gasteiger charge is 2.44. The summed E-state index contributed by atoms with van der Waals surface area (Å²) in [5, 5.41) is 1.48. The number of carbonyl (C=O) groups excluding carboxylic acids is 2. The van der Waals surface area contributed by atoms with Crippen LogP contribution >= 0.6 is 0 Å². The predicted molar refractivity (Wildman–Crippen MR) is 70.4 cm³/mol. The molecule has 3 amide bonds. The molecule has 1 heterocycles. The van der Waals surface area contributed by atoms with Crippen molar-refractivity contribution in [3.8, 4) is 0 Å². The van der Waals surface area contributed by atoms with Crippen molar-refractivity contribution in [1.82, 2.24) is 0 Å². The number of nitrogens with zero attached hydrogens (tertiary/aromatic N) is 1. The first-order valence-corrected chi connectivity index (χ1v) is 6.10. The molecule has 6 heteroatoms. The van der Waals surface area contributed by atoms with Crippen molar-refractivity contribution in [2.24, 2.45) is 0 Å². The highest BCUT2D eigenvalue weighted by molar-refractivity contribution is 6.16. The van der Waals surface area contributed by atoms with E-state index in [1.807, 2.05) is 48.5 Å². The number of primary amides is 1. The molecule has 21 heavy (non-hydrogen) atoms. The van der Waals surface area contributed by atoms with Crippen molar-refractivity contribution >= 4 is 17.6 Å². The second-order valence-corrected chi connectivity index (χ2v) is 4.40. The summed E-state index contributed by atoms with van der Waals surface area (Å²) in [6, 6.07) is 17.6. The molecule has 1 fully saturated rings. The monoisotopic (exact) mass is 367 g/mol. The Labute approximate surface area is 139 Å². The summed E-state index contributed by atoms with van der Waals surface area (Å²) in [7, 11) is 0. The standard InChI is InChI=1S/C15H12N2O2.BrH.ClH/c18-14-13(11-7-3-1-4-8-11)16-15(19)17(14)12-9-5-2-6-10-12;;/h1-10,13H,(H,16,19);2*1H/p-1. The number of amides is 3. The molecule has 1 unspecified atom stereocenters. The van der Waals surface area contributed by atoms with Crippen LogP contribution in [-0.4, -0.2) is 11.9 Å². The zero-order valence-corrected chi connectivity index (χ0v) is 13.3. The van der Waals surface area contributed by atoms with Gasteiger partial charge in [0.15, 0.2) is 0 Å². The first kappa shape index (κ1) is 17.4. The van der Waals surface area contributed by atoms with Crippen LogP contribution in [0.3, 0.4) is 0 Å². The fourth-order valence-electron chi connectivity index (χ4n) is 2.27. The van der Waals surface area contributed by atoms with Gasteiger partial charge in [-0.25, -0.2) is 10.1 Å². The lowest BCUT2D eigenvalue weighted by atomic mass is 10.1. The third kappa shape index (κ3) is 3.32. The molecule has 0 spiro atoms. The number of benzene rings is 2. The predicted octanol–water partition coefficient (Wildman–Crippen LogP) is -4.53. The van der Waals surface area contributed by atoms with Crippen LogP contribution in [0, 0.1) is 0 Å². The van der Waals surface area contributed by atoms with E-state index in [9.17, 15) is 9.59 Å². The summed E-state index contributed by atoms with van der Waals surface area (Å²) < 4.78 is 0. The van der Waals surface area contributed by atoms with Crippen molar-refractivity contribution in [3.63, 3.8) is 0 Å². The molecule has 0 bridgehead atoms. The highest BCUT2D eigenvalue weighted by Crippen LogP contribution is 2.22. The smallest absolute Gasteiger partial charge is 0.428 e. The zero-order valence-electron chi connectivity index (χ0n) is 10.9. The minimum atomic E-state index is -0.478. The molecule has 4 nitrogen and oxygen atoms in total. The minimum Gasteiger partial charge on any atom is -1.00 e. The molecule has 2 aromatic rings. The largest absolute Gasteiger partial charge is 1.00 e. The molecule has 110 valence electrons. The maximum Gasteiger partial charge on any atom is 0.428 e. The molecular weight excluding hydrogens is 356 g/mol. The third-order valence-corrected chi connectivity index (χ3v) is 3.19. The lowest BCUT2D eigenvalue weighted by molar-refractivity contribution is -0.576. The zero-order chi connectivity index (χ0) is 13.2. The molecule has 0 saturated carbocycles. The van der Waals surface area contributed by atoms with Crippen LogP contribution in [0.1, 0.15) is 11.6 Å². The number of quaternary nitrogens is 1. The van der Waals surface area contributed by atoms with Crippen molar-refractivity contribution in [2.45, 2.75) is 6.04 Å². The van der Waals surface area contributed by atoms with Gasteiger partial charge >= 0.3 is 11.9 Å². The van der Waals surface area contributed by atoms with E-state index >= 15 is 0 Å². The van der Waals surface area contributed by atoms with Crippen LogP contribution in [-0.2, 0) is 4.79 Å². The highest BCUT2D eigenvalue weighted by atomic mass is 79.9. The summed E-state index contributed by atoms with van der Waals surface area (Å²) in [4.78, 5) is 25.6. The SMILES string of the molecule is O=C1[NH2+]C(c2ccccc2)C(=O)N1c1ccccc1.[Br-].[Cl-]. The van der Waals surface area contributed by atoms with E-state index in [2.05, 4.69) is 0 Å². The summed E-state index contributed by atoms with van der Waals surface area (Å²) in [5.74, 6) is -0.192. The number of carbonyl (C=O) groups is 2. The lowest BCUT2D eigenvalue weighted by Crippen LogP contribution is -3.00. The average Bonchev–Trinajstić information content (AvgIpc) is 2.76. The van der Waals surface area contributed by atoms with Gasteiger partial charge in [0.05, 0.1) is 5.69 Å². The van der Waals surface area contributed by atoms with Crippen LogP contribution < -0.4 is 39.6 Å². The van der Waals surface area contributed by atoms with Crippen LogP contribution in [0.5, 0.6) is 0 Å². The molecule has 2 N–H and O–H groups in total. The molecule has 0 aromatic heterocycles. The van der Waals surface area contributed by atoms with E-state index in [1.165, 1.54) is 10.2 Å². The van der Waals surface area contributed by atoms with Gasteiger partial charge in [0.2, 0.25) is 6.04 Å². The van der Waals surface area contributed by atoms with Crippen molar-refractivity contribution in [1.29, 1.82) is 0 Å². The lowest BCUT2D eigenvalue weighted by Gasteiger charge is -2.09. The topological polar surface area (TPSA) is 54.0 Å². The Kier molecular flexibility index (Phi) is 6.08. The molecule has 0 aliphatic carbocycles. The summed E-state index contributed by atoms with van der Waals surface area (Å²) in [6.07, 6.45) is 0. The second kappa shape index (κ2) is 7.36. The number of para-hydroxylation sites is 1. The molecule has 1 atom stereocenters. The Bertz CT molecular complexity index is 622. The minimum absolute atomic E-state index is 0. The summed E-state index contributed by atoms with van der Waals surface area (Å²) >= 11 is 0. The van der Waals surface area contributed by atoms with Crippen LogP contribution in [0.15, 0.2) is 60.7 Å². The van der Waals surface area contributed by atoms with Gasteiger partial charge in [-0.05, 0) is 12.1 Å². The molecular formula is C15H13BrClN2O2-. The number of hydrogen-bond donors (Lipinski definition) is 1. The van der Waals surface area contributed by atoms with E-state index in [1.54, 1.807) is 12.1 Å². The van der Waals surface area contributed by atoms with Gasteiger partial charge in [-0.3, -0.25) is 4.79 Å². The molecule has 1 saturated heterocycles. The van der Waals surface area contributed by atoms with Crippen LogP contribution in [0.4, 0.5) is 10.5 Å². The number of rotatable bonds is 2. The van der Waals surface area contributed by atoms with Gasteiger partial charge in [0.25, 0.3) is 0 Å². The normalized spacial score (nSPS) is 17.1. The van der Waals surface area contributed by atoms with E-state index < -0.39 is 6.04 Å². The van der Waals surface area contributed by atoms with E-state index in [0.717, 1.165) is 5.56 Å². The number of urea groups is 1. The Hall–Kier alpha value is -1.69. The fraction of sp³-hybridized carbons (Fsp3) is 0.0667. The first-order valence-electron chi connectivity index (χ1n) is 6.10. The van der Waals surface area contributed by atoms with Crippen molar-refractivity contribution in [3.05, 3.63) is 66.2 Å². The Morgan fingerprint density at radius 3 is 1.95 bits per heavy atom. The van der Waals surface area contributed by atoms with Crippen molar-refractivity contribution < 1.29 is 44.3 Å². The molecule has 2 aromatic carbocycles. The van der Waals surface area contributed by atoms with Crippen molar-refractivity contribution in [2.75, 3.05) is 4.90 Å².